The van der Waals surface area contributed by atoms with Gasteiger partial charge in [-0.05, 0) is 43.9 Å². The summed E-state index contributed by atoms with van der Waals surface area (Å²) in [4.78, 5) is 11.4. The highest BCUT2D eigenvalue weighted by atomic mass is 16.2. The summed E-state index contributed by atoms with van der Waals surface area (Å²) in [7, 11) is 0. The summed E-state index contributed by atoms with van der Waals surface area (Å²) in [5.74, 6) is 2.31. The Hall–Kier alpha value is -0.570. The number of hydrogen-bond acceptors (Lipinski definition) is 2. The minimum atomic E-state index is 0.262. The zero-order valence-corrected chi connectivity index (χ0v) is 11.2. The first-order chi connectivity index (χ1) is 8.16. The summed E-state index contributed by atoms with van der Waals surface area (Å²) in [6.07, 6.45) is 6.11. The third-order valence-electron chi connectivity index (χ3n) is 4.40. The van der Waals surface area contributed by atoms with Gasteiger partial charge in [0.05, 0.1) is 0 Å². The van der Waals surface area contributed by atoms with Gasteiger partial charge in [0.2, 0.25) is 5.91 Å². The first kappa shape index (κ1) is 12.9. The van der Waals surface area contributed by atoms with Gasteiger partial charge in [0.1, 0.15) is 0 Å². The Labute approximate surface area is 105 Å². The molecule has 98 valence electrons. The van der Waals surface area contributed by atoms with E-state index in [4.69, 9.17) is 0 Å². The van der Waals surface area contributed by atoms with Crippen LogP contribution in [-0.4, -0.2) is 25.0 Å². The highest BCUT2D eigenvalue weighted by Gasteiger charge is 2.29. The normalized spacial score (nSPS) is 33.4. The molecule has 0 heterocycles. The van der Waals surface area contributed by atoms with E-state index in [1.807, 2.05) is 0 Å². The third kappa shape index (κ3) is 3.98. The molecule has 0 aromatic rings. The predicted molar refractivity (Wildman–Crippen MR) is 69.7 cm³/mol. The highest BCUT2D eigenvalue weighted by Crippen LogP contribution is 2.29. The van der Waals surface area contributed by atoms with Gasteiger partial charge >= 0.3 is 0 Å². The predicted octanol–water partition coefficient (Wildman–Crippen LogP) is 1.93. The molecule has 0 spiro atoms. The molecule has 0 aliphatic heterocycles. The standard InChI is InChI=1S/C14H26N2O/c1-10-3-6-13(9-11(10)2)15-7-8-16-14(17)12-4-5-12/h10-13,15H,3-9H2,1-2H3,(H,16,17)/t10-,11+,13-/m1/s1. The van der Waals surface area contributed by atoms with Gasteiger partial charge in [-0.25, -0.2) is 0 Å². The number of rotatable bonds is 5. The van der Waals surface area contributed by atoms with Crippen LogP contribution < -0.4 is 10.6 Å². The first-order valence-electron chi connectivity index (χ1n) is 7.18. The van der Waals surface area contributed by atoms with E-state index in [0.29, 0.717) is 12.0 Å². The van der Waals surface area contributed by atoms with Crippen molar-refractivity contribution in [2.45, 2.75) is 52.0 Å². The van der Waals surface area contributed by atoms with Crippen LogP contribution in [-0.2, 0) is 4.79 Å². The zero-order valence-electron chi connectivity index (χ0n) is 11.2. The maximum Gasteiger partial charge on any atom is 0.223 e. The summed E-state index contributed by atoms with van der Waals surface area (Å²) in [5, 5.41) is 6.58. The van der Waals surface area contributed by atoms with E-state index in [-0.39, 0.29) is 5.91 Å². The quantitative estimate of drug-likeness (QED) is 0.719. The van der Waals surface area contributed by atoms with Gasteiger partial charge in [-0.15, -0.1) is 0 Å². The summed E-state index contributed by atoms with van der Waals surface area (Å²) in [6, 6.07) is 0.666. The molecule has 0 saturated heterocycles. The fourth-order valence-electron chi connectivity index (χ4n) is 2.68. The van der Waals surface area contributed by atoms with Crippen LogP contribution in [0.3, 0.4) is 0 Å². The maximum absolute atomic E-state index is 11.4. The molecule has 0 aromatic carbocycles. The minimum absolute atomic E-state index is 0.262. The van der Waals surface area contributed by atoms with Crippen molar-refractivity contribution >= 4 is 5.91 Å². The zero-order chi connectivity index (χ0) is 12.3. The molecular formula is C14H26N2O. The minimum Gasteiger partial charge on any atom is -0.355 e. The molecule has 3 nitrogen and oxygen atoms in total. The van der Waals surface area contributed by atoms with Crippen LogP contribution in [0.4, 0.5) is 0 Å². The van der Waals surface area contributed by atoms with Gasteiger partial charge in [-0.2, -0.15) is 0 Å². The molecule has 0 unspecified atom stereocenters. The second kappa shape index (κ2) is 5.85. The second-order valence-corrected chi connectivity index (χ2v) is 5.98. The van der Waals surface area contributed by atoms with Crippen LogP contribution in [0.25, 0.3) is 0 Å². The topological polar surface area (TPSA) is 41.1 Å². The Morgan fingerprint density at radius 2 is 1.82 bits per heavy atom. The van der Waals surface area contributed by atoms with Crippen molar-refractivity contribution in [1.29, 1.82) is 0 Å². The average molecular weight is 238 g/mol. The van der Waals surface area contributed by atoms with E-state index in [1.165, 1.54) is 19.3 Å². The fourth-order valence-corrected chi connectivity index (χ4v) is 2.68. The fraction of sp³-hybridized carbons (Fsp3) is 0.929. The molecule has 0 radical (unpaired) electrons. The van der Waals surface area contributed by atoms with Crippen molar-refractivity contribution in [2.24, 2.45) is 17.8 Å². The molecule has 2 rings (SSSR count). The molecule has 2 fully saturated rings. The third-order valence-corrected chi connectivity index (χ3v) is 4.40. The molecule has 2 aliphatic rings. The van der Waals surface area contributed by atoms with Gasteiger partial charge < -0.3 is 10.6 Å². The SMILES string of the molecule is C[C@@H]1CC[C@@H](NCCNC(=O)C2CC2)C[C@@H]1C. The van der Waals surface area contributed by atoms with Crippen molar-refractivity contribution in [3.63, 3.8) is 0 Å². The van der Waals surface area contributed by atoms with Gasteiger partial charge in [0.25, 0.3) is 0 Å². The largest absolute Gasteiger partial charge is 0.355 e. The Kier molecular flexibility index (Phi) is 4.43. The molecule has 2 N–H and O–H groups in total. The molecular weight excluding hydrogens is 212 g/mol. The Morgan fingerprint density at radius 1 is 1.06 bits per heavy atom. The smallest absolute Gasteiger partial charge is 0.223 e. The van der Waals surface area contributed by atoms with Crippen LogP contribution in [0.5, 0.6) is 0 Å². The van der Waals surface area contributed by atoms with Crippen LogP contribution in [0, 0.1) is 17.8 Å². The molecule has 2 aliphatic carbocycles. The number of hydrogen-bond donors (Lipinski definition) is 2. The maximum atomic E-state index is 11.4. The van der Waals surface area contributed by atoms with Crippen LogP contribution >= 0.6 is 0 Å². The van der Waals surface area contributed by atoms with E-state index in [9.17, 15) is 4.79 Å². The van der Waals surface area contributed by atoms with E-state index in [1.54, 1.807) is 0 Å². The number of amides is 1. The second-order valence-electron chi connectivity index (χ2n) is 5.98. The van der Waals surface area contributed by atoms with Gasteiger partial charge in [0.15, 0.2) is 0 Å². The lowest BCUT2D eigenvalue weighted by molar-refractivity contribution is -0.122. The first-order valence-corrected chi connectivity index (χ1v) is 7.18. The Bertz CT molecular complexity index is 263. The van der Waals surface area contributed by atoms with Crippen molar-refractivity contribution in [3.8, 4) is 0 Å². The van der Waals surface area contributed by atoms with Crippen molar-refractivity contribution in [3.05, 3.63) is 0 Å². The Balaban J connectivity index is 1.54. The molecule has 3 heteroatoms. The number of carbonyl (C=O) groups excluding carboxylic acids is 1. The molecule has 0 bridgehead atoms. The summed E-state index contributed by atoms with van der Waals surface area (Å²) in [5.41, 5.74) is 0. The van der Waals surface area contributed by atoms with Crippen LogP contribution in [0.1, 0.15) is 46.0 Å². The van der Waals surface area contributed by atoms with Crippen LogP contribution in [0.15, 0.2) is 0 Å². The van der Waals surface area contributed by atoms with Crippen molar-refractivity contribution in [1.82, 2.24) is 10.6 Å². The lowest BCUT2D eigenvalue weighted by Gasteiger charge is -2.32. The Morgan fingerprint density at radius 3 is 2.47 bits per heavy atom. The van der Waals surface area contributed by atoms with Crippen molar-refractivity contribution in [2.75, 3.05) is 13.1 Å². The van der Waals surface area contributed by atoms with E-state index >= 15 is 0 Å². The van der Waals surface area contributed by atoms with Gasteiger partial charge in [0, 0.05) is 25.0 Å². The lowest BCUT2D eigenvalue weighted by atomic mass is 9.79. The summed E-state index contributed by atoms with van der Waals surface area (Å²) < 4.78 is 0. The monoisotopic (exact) mass is 238 g/mol. The van der Waals surface area contributed by atoms with E-state index in [2.05, 4.69) is 24.5 Å². The van der Waals surface area contributed by atoms with Gasteiger partial charge in [-0.3, -0.25) is 4.79 Å². The molecule has 17 heavy (non-hydrogen) atoms. The van der Waals surface area contributed by atoms with E-state index < -0.39 is 0 Å². The van der Waals surface area contributed by atoms with Crippen LogP contribution in [0.2, 0.25) is 0 Å². The van der Waals surface area contributed by atoms with Crippen molar-refractivity contribution < 1.29 is 4.79 Å². The highest BCUT2D eigenvalue weighted by molar-refractivity contribution is 5.80. The summed E-state index contributed by atoms with van der Waals surface area (Å²) >= 11 is 0. The molecule has 1 amide bonds. The van der Waals surface area contributed by atoms with Gasteiger partial charge in [-0.1, -0.05) is 13.8 Å². The number of nitrogens with one attached hydrogen (secondary N) is 2. The lowest BCUT2D eigenvalue weighted by Crippen LogP contribution is -2.40. The van der Waals surface area contributed by atoms with E-state index in [0.717, 1.165) is 37.8 Å². The summed E-state index contributed by atoms with van der Waals surface area (Å²) in [6.45, 7) is 6.42. The number of carbonyl (C=O) groups is 1. The molecule has 3 atom stereocenters. The molecule has 2 saturated carbocycles. The average Bonchev–Trinajstić information content (AvgIpc) is 3.13. The molecule has 0 aromatic heterocycles.